The van der Waals surface area contributed by atoms with Crippen molar-refractivity contribution in [3.8, 4) is 16.9 Å². The van der Waals surface area contributed by atoms with E-state index in [2.05, 4.69) is 119 Å². The largest absolute Gasteiger partial charge is 0.301 e. The Labute approximate surface area is 185 Å². The van der Waals surface area contributed by atoms with Gasteiger partial charge in [0.05, 0.1) is 11.0 Å². The molecule has 1 atom stereocenters. The summed E-state index contributed by atoms with van der Waals surface area (Å²) in [6.45, 7) is 0. The van der Waals surface area contributed by atoms with Crippen LogP contribution in [0.2, 0.25) is 0 Å². The standard InChI is InChI=1S/C29H20N3/c1-6-15-31(16-7-1)29-23-10-4-3-9-22(23)24-19-27-21(18-25(24)29)14-17-32(27)28-13-12-20-8-2-5-11-26(20)30-28/h1-19,29H/q+1. The van der Waals surface area contributed by atoms with Crippen molar-refractivity contribution in [2.45, 2.75) is 6.04 Å². The maximum absolute atomic E-state index is 4.93. The zero-order valence-electron chi connectivity index (χ0n) is 17.4. The van der Waals surface area contributed by atoms with Gasteiger partial charge in [0.2, 0.25) is 6.04 Å². The van der Waals surface area contributed by atoms with Crippen LogP contribution in [-0.2, 0) is 0 Å². The Bertz CT molecular complexity index is 1630. The average Bonchev–Trinajstić information content (AvgIpc) is 3.41. The molecule has 0 fully saturated rings. The monoisotopic (exact) mass is 410 g/mol. The van der Waals surface area contributed by atoms with Crippen LogP contribution in [-0.4, -0.2) is 9.55 Å². The topological polar surface area (TPSA) is 21.7 Å². The summed E-state index contributed by atoms with van der Waals surface area (Å²) in [7, 11) is 0. The van der Waals surface area contributed by atoms with Gasteiger partial charge in [-0.1, -0.05) is 48.5 Å². The first-order valence-electron chi connectivity index (χ1n) is 10.9. The van der Waals surface area contributed by atoms with Gasteiger partial charge in [0.15, 0.2) is 12.4 Å². The van der Waals surface area contributed by atoms with Crippen molar-refractivity contribution in [3.05, 3.63) is 127 Å². The summed E-state index contributed by atoms with van der Waals surface area (Å²) in [5.74, 6) is 0.943. The third-order valence-corrected chi connectivity index (χ3v) is 6.57. The summed E-state index contributed by atoms with van der Waals surface area (Å²) in [6, 6.07) is 34.6. The second-order valence-corrected chi connectivity index (χ2v) is 8.36. The molecule has 3 aromatic carbocycles. The summed E-state index contributed by atoms with van der Waals surface area (Å²) in [5, 5.41) is 2.39. The van der Waals surface area contributed by atoms with Gasteiger partial charge in [0.25, 0.3) is 0 Å². The van der Waals surface area contributed by atoms with Crippen molar-refractivity contribution in [1.29, 1.82) is 0 Å². The van der Waals surface area contributed by atoms with E-state index in [0.29, 0.717) is 0 Å². The second-order valence-electron chi connectivity index (χ2n) is 8.36. The molecule has 0 saturated carbocycles. The zero-order chi connectivity index (χ0) is 21.1. The smallest absolute Gasteiger partial charge is 0.210 e. The summed E-state index contributed by atoms with van der Waals surface area (Å²) < 4.78 is 4.51. The van der Waals surface area contributed by atoms with E-state index in [1.165, 1.54) is 33.2 Å². The van der Waals surface area contributed by atoms with Crippen molar-refractivity contribution in [3.63, 3.8) is 0 Å². The summed E-state index contributed by atoms with van der Waals surface area (Å²) >= 11 is 0. The van der Waals surface area contributed by atoms with Gasteiger partial charge in [0, 0.05) is 40.2 Å². The number of pyridine rings is 2. The summed E-state index contributed by atoms with van der Waals surface area (Å²) in [5.41, 5.74) is 7.50. The molecule has 3 heterocycles. The minimum absolute atomic E-state index is 0.189. The fourth-order valence-electron chi connectivity index (χ4n) is 5.10. The number of nitrogens with zero attached hydrogens (tertiary/aromatic N) is 3. The van der Waals surface area contributed by atoms with Crippen LogP contribution in [0.3, 0.4) is 0 Å². The Balaban J connectivity index is 1.46. The Morgan fingerprint density at radius 3 is 2.44 bits per heavy atom. The van der Waals surface area contributed by atoms with E-state index in [1.807, 2.05) is 6.07 Å². The molecular weight excluding hydrogens is 390 g/mol. The van der Waals surface area contributed by atoms with Crippen LogP contribution in [0, 0.1) is 0 Å². The number of hydrogen-bond donors (Lipinski definition) is 0. The molecule has 32 heavy (non-hydrogen) atoms. The molecule has 0 radical (unpaired) electrons. The molecule has 3 heteroatoms. The lowest BCUT2D eigenvalue weighted by molar-refractivity contribution is -0.704. The van der Waals surface area contributed by atoms with Crippen LogP contribution < -0.4 is 4.57 Å². The van der Waals surface area contributed by atoms with Gasteiger partial charge in [-0.05, 0) is 47.5 Å². The molecule has 0 bridgehead atoms. The van der Waals surface area contributed by atoms with Gasteiger partial charge in [-0.2, -0.15) is 4.57 Å². The Morgan fingerprint density at radius 2 is 1.50 bits per heavy atom. The van der Waals surface area contributed by atoms with E-state index >= 15 is 0 Å². The lowest BCUT2D eigenvalue weighted by Gasteiger charge is -2.10. The Hall–Kier alpha value is -4.24. The number of rotatable bonds is 2. The molecule has 1 unspecified atom stereocenters. The van der Waals surface area contributed by atoms with Crippen molar-refractivity contribution >= 4 is 21.8 Å². The second kappa shape index (κ2) is 6.63. The lowest BCUT2D eigenvalue weighted by Crippen LogP contribution is -2.38. The molecule has 0 spiro atoms. The number of hydrogen-bond acceptors (Lipinski definition) is 1. The van der Waals surface area contributed by atoms with Crippen LogP contribution in [0.1, 0.15) is 17.2 Å². The molecule has 1 aliphatic rings. The fraction of sp³-hybridized carbons (Fsp3) is 0.0345. The van der Waals surface area contributed by atoms with Crippen LogP contribution in [0.5, 0.6) is 0 Å². The Morgan fingerprint density at radius 1 is 0.656 bits per heavy atom. The molecule has 150 valence electrons. The van der Waals surface area contributed by atoms with Crippen molar-refractivity contribution in [2.24, 2.45) is 0 Å². The minimum Gasteiger partial charge on any atom is -0.301 e. The maximum atomic E-state index is 4.93. The van der Waals surface area contributed by atoms with Crippen LogP contribution in [0.25, 0.3) is 38.8 Å². The molecule has 3 aromatic heterocycles. The predicted molar refractivity (Wildman–Crippen MR) is 128 cm³/mol. The van der Waals surface area contributed by atoms with E-state index in [-0.39, 0.29) is 6.04 Å². The van der Waals surface area contributed by atoms with Crippen LogP contribution in [0.4, 0.5) is 0 Å². The van der Waals surface area contributed by atoms with E-state index in [0.717, 1.165) is 16.7 Å². The van der Waals surface area contributed by atoms with Gasteiger partial charge in [0.1, 0.15) is 5.82 Å². The quantitative estimate of drug-likeness (QED) is 0.316. The highest BCUT2D eigenvalue weighted by Gasteiger charge is 2.35. The molecule has 3 nitrogen and oxygen atoms in total. The van der Waals surface area contributed by atoms with Gasteiger partial charge < -0.3 is 4.57 Å². The van der Waals surface area contributed by atoms with Gasteiger partial charge in [-0.3, -0.25) is 0 Å². The van der Waals surface area contributed by atoms with E-state index < -0.39 is 0 Å². The summed E-state index contributed by atoms with van der Waals surface area (Å²) in [4.78, 5) is 4.93. The zero-order valence-corrected chi connectivity index (χ0v) is 17.4. The van der Waals surface area contributed by atoms with Crippen molar-refractivity contribution in [1.82, 2.24) is 9.55 Å². The normalized spacial score (nSPS) is 14.6. The lowest BCUT2D eigenvalue weighted by atomic mass is 10.0. The number of aromatic nitrogens is 3. The van der Waals surface area contributed by atoms with Crippen LogP contribution >= 0.6 is 0 Å². The summed E-state index contributed by atoms with van der Waals surface area (Å²) in [6.07, 6.45) is 6.45. The SMILES string of the molecule is c1cc[n+](C2c3ccccc3-c3cc4c(ccn4-c4ccc5ccccc5n4)cc32)cc1. The molecule has 7 rings (SSSR count). The number of benzene rings is 3. The van der Waals surface area contributed by atoms with Crippen molar-refractivity contribution < 1.29 is 4.57 Å². The molecule has 1 aliphatic carbocycles. The molecule has 0 N–H and O–H groups in total. The first kappa shape index (κ1) is 17.4. The molecule has 0 amide bonds. The van der Waals surface area contributed by atoms with Crippen LogP contribution in [0.15, 0.2) is 116 Å². The molecule has 0 saturated heterocycles. The third kappa shape index (κ3) is 2.48. The number of para-hydroxylation sites is 1. The highest BCUT2D eigenvalue weighted by atomic mass is 15.1. The number of fused-ring (bicyclic) bond motifs is 5. The minimum atomic E-state index is 0.189. The van der Waals surface area contributed by atoms with Crippen molar-refractivity contribution in [2.75, 3.05) is 0 Å². The Kier molecular flexibility index (Phi) is 3.61. The first-order valence-corrected chi connectivity index (χ1v) is 10.9. The van der Waals surface area contributed by atoms with Gasteiger partial charge in [-0.25, -0.2) is 4.98 Å². The van der Waals surface area contributed by atoms with Gasteiger partial charge >= 0.3 is 0 Å². The highest BCUT2D eigenvalue weighted by Crippen LogP contribution is 2.45. The third-order valence-electron chi connectivity index (χ3n) is 6.57. The molecular formula is C29H20N3+. The highest BCUT2D eigenvalue weighted by molar-refractivity contribution is 5.92. The maximum Gasteiger partial charge on any atom is 0.210 e. The molecule has 0 aliphatic heterocycles. The average molecular weight is 411 g/mol. The van der Waals surface area contributed by atoms with E-state index in [4.69, 9.17) is 4.98 Å². The van der Waals surface area contributed by atoms with E-state index in [9.17, 15) is 0 Å². The fourth-order valence-corrected chi connectivity index (χ4v) is 5.10. The van der Waals surface area contributed by atoms with E-state index in [1.54, 1.807) is 0 Å². The molecule has 6 aromatic rings. The first-order chi connectivity index (χ1) is 15.9. The predicted octanol–water partition coefficient (Wildman–Crippen LogP) is 6.08. The van der Waals surface area contributed by atoms with Gasteiger partial charge in [-0.15, -0.1) is 0 Å².